The minimum Gasteiger partial charge on any atom is -0.339 e. The third kappa shape index (κ3) is 1.74. The van der Waals surface area contributed by atoms with Gasteiger partial charge in [0.15, 0.2) is 0 Å². The van der Waals surface area contributed by atoms with Gasteiger partial charge in [0.2, 0.25) is 11.7 Å². The van der Waals surface area contributed by atoms with Crippen LogP contribution in [-0.4, -0.2) is 20.1 Å². The van der Waals surface area contributed by atoms with E-state index in [1.54, 1.807) is 6.92 Å². The summed E-state index contributed by atoms with van der Waals surface area (Å²) in [4.78, 5) is 12.2. The molecule has 5 nitrogen and oxygen atoms in total. The van der Waals surface area contributed by atoms with Crippen LogP contribution in [0.4, 0.5) is 0 Å². The number of rotatable bonds is 1. The van der Waals surface area contributed by atoms with E-state index in [2.05, 4.69) is 20.1 Å². The highest BCUT2D eigenvalue weighted by Crippen LogP contribution is 2.24. The average molecular weight is 247 g/mol. The number of aryl methyl sites for hydroxylation is 1. The summed E-state index contributed by atoms with van der Waals surface area (Å²) in [5, 5.41) is 5.04. The molecule has 17 heavy (non-hydrogen) atoms. The van der Waals surface area contributed by atoms with Crippen molar-refractivity contribution in [2.75, 3.05) is 0 Å². The molecule has 84 valence electrons. The molecular formula is C11H7ClN4O. The fourth-order valence-corrected chi connectivity index (χ4v) is 1.78. The van der Waals surface area contributed by atoms with E-state index < -0.39 is 0 Å². The minimum absolute atomic E-state index is 0.414. The number of nitrogens with zero attached hydrogens (tertiary/aromatic N) is 4. The molecule has 3 rings (SSSR count). The quantitative estimate of drug-likeness (QED) is 0.618. The van der Waals surface area contributed by atoms with Gasteiger partial charge in [-0.2, -0.15) is 4.98 Å². The molecule has 0 fully saturated rings. The second-order valence-corrected chi connectivity index (χ2v) is 3.89. The van der Waals surface area contributed by atoms with Crippen LogP contribution in [-0.2, 0) is 0 Å². The molecule has 0 saturated heterocycles. The molecule has 0 radical (unpaired) electrons. The fourth-order valence-electron chi connectivity index (χ4n) is 1.58. The Labute approximate surface area is 101 Å². The van der Waals surface area contributed by atoms with Gasteiger partial charge in [-0.05, 0) is 18.2 Å². The number of hydrogen-bond donors (Lipinski definition) is 0. The smallest absolute Gasteiger partial charge is 0.223 e. The summed E-state index contributed by atoms with van der Waals surface area (Å²) in [5.41, 5.74) is 1.61. The zero-order chi connectivity index (χ0) is 11.8. The van der Waals surface area contributed by atoms with Crippen molar-refractivity contribution < 1.29 is 4.52 Å². The molecule has 0 unspecified atom stereocenters. The molecule has 0 bridgehead atoms. The lowest BCUT2D eigenvalue weighted by atomic mass is 10.1. The zero-order valence-electron chi connectivity index (χ0n) is 8.88. The van der Waals surface area contributed by atoms with Crippen molar-refractivity contribution in [1.82, 2.24) is 20.1 Å². The maximum absolute atomic E-state index is 6.01. The summed E-state index contributed by atoms with van der Waals surface area (Å²) in [5.74, 6) is 1.06. The number of benzene rings is 1. The lowest BCUT2D eigenvalue weighted by Crippen LogP contribution is -1.86. The van der Waals surface area contributed by atoms with Crippen LogP contribution in [0.15, 0.2) is 29.0 Å². The molecule has 1 aromatic carbocycles. The van der Waals surface area contributed by atoms with Crippen molar-refractivity contribution in [3.63, 3.8) is 0 Å². The van der Waals surface area contributed by atoms with E-state index in [0.29, 0.717) is 16.9 Å². The Hall–Kier alpha value is -2.01. The summed E-state index contributed by atoms with van der Waals surface area (Å²) >= 11 is 6.01. The number of hydrogen-bond acceptors (Lipinski definition) is 5. The Kier molecular flexibility index (Phi) is 2.26. The van der Waals surface area contributed by atoms with Crippen LogP contribution in [0.25, 0.3) is 22.3 Å². The van der Waals surface area contributed by atoms with E-state index in [1.165, 1.54) is 6.33 Å². The Balaban J connectivity index is 2.22. The molecule has 0 aliphatic rings. The monoisotopic (exact) mass is 246 g/mol. The van der Waals surface area contributed by atoms with Crippen LogP contribution in [0.5, 0.6) is 0 Å². The molecule has 2 heterocycles. The second-order valence-electron chi connectivity index (χ2n) is 3.53. The van der Waals surface area contributed by atoms with Crippen molar-refractivity contribution in [3.05, 3.63) is 35.6 Å². The van der Waals surface area contributed by atoms with Gasteiger partial charge in [-0.15, -0.1) is 0 Å². The van der Waals surface area contributed by atoms with E-state index in [9.17, 15) is 0 Å². The Morgan fingerprint density at radius 1 is 1.24 bits per heavy atom. The minimum atomic E-state index is 0.414. The van der Waals surface area contributed by atoms with Crippen molar-refractivity contribution >= 4 is 22.5 Å². The van der Waals surface area contributed by atoms with E-state index in [4.69, 9.17) is 16.1 Å². The lowest BCUT2D eigenvalue weighted by molar-refractivity contribution is 0.394. The maximum Gasteiger partial charge on any atom is 0.223 e. The summed E-state index contributed by atoms with van der Waals surface area (Å²) in [6.45, 7) is 1.74. The summed E-state index contributed by atoms with van der Waals surface area (Å²) in [6.07, 6.45) is 1.43. The van der Waals surface area contributed by atoms with Crippen LogP contribution < -0.4 is 0 Å². The molecule has 0 atom stereocenters. The third-order valence-electron chi connectivity index (χ3n) is 2.37. The Morgan fingerprint density at radius 3 is 2.88 bits per heavy atom. The van der Waals surface area contributed by atoms with Gasteiger partial charge in [0.25, 0.3) is 0 Å². The highest BCUT2D eigenvalue weighted by Gasteiger charge is 2.08. The molecule has 0 amide bonds. The molecule has 0 spiro atoms. The van der Waals surface area contributed by atoms with Gasteiger partial charge in [0.05, 0.1) is 5.52 Å². The van der Waals surface area contributed by atoms with Crippen LogP contribution >= 0.6 is 11.6 Å². The number of halogens is 1. The summed E-state index contributed by atoms with van der Waals surface area (Å²) < 4.78 is 4.94. The summed E-state index contributed by atoms with van der Waals surface area (Å²) in [7, 11) is 0. The Bertz CT molecular complexity index is 695. The molecule has 2 aromatic heterocycles. The highest BCUT2D eigenvalue weighted by atomic mass is 35.5. The van der Waals surface area contributed by atoms with Gasteiger partial charge >= 0.3 is 0 Å². The van der Waals surface area contributed by atoms with E-state index in [0.717, 1.165) is 16.5 Å². The second kappa shape index (κ2) is 3.78. The SMILES string of the molecule is Cc1nc(-c2ccc3ncnc(Cl)c3c2)no1. The molecule has 0 N–H and O–H groups in total. The predicted octanol–water partition coefficient (Wildman–Crippen LogP) is 2.64. The molecule has 0 aliphatic heterocycles. The fraction of sp³-hybridized carbons (Fsp3) is 0.0909. The van der Waals surface area contributed by atoms with Crippen LogP contribution in [0.1, 0.15) is 5.89 Å². The number of aromatic nitrogens is 4. The maximum atomic E-state index is 6.01. The first-order valence-electron chi connectivity index (χ1n) is 4.95. The first kappa shape index (κ1) is 10.2. The number of fused-ring (bicyclic) bond motifs is 1. The first-order chi connectivity index (χ1) is 8.24. The molecule has 6 heteroatoms. The summed E-state index contributed by atoms with van der Waals surface area (Å²) in [6, 6.07) is 5.57. The lowest BCUT2D eigenvalue weighted by Gasteiger charge is -2.00. The van der Waals surface area contributed by atoms with Gasteiger partial charge < -0.3 is 4.52 Å². The van der Waals surface area contributed by atoms with Crippen LogP contribution in [0.2, 0.25) is 5.15 Å². The van der Waals surface area contributed by atoms with Gasteiger partial charge in [-0.1, -0.05) is 16.8 Å². The highest BCUT2D eigenvalue weighted by molar-refractivity contribution is 6.34. The largest absolute Gasteiger partial charge is 0.339 e. The van der Waals surface area contributed by atoms with Crippen LogP contribution in [0, 0.1) is 6.92 Å². The van der Waals surface area contributed by atoms with Gasteiger partial charge in [0, 0.05) is 17.9 Å². The van der Waals surface area contributed by atoms with Crippen LogP contribution in [0.3, 0.4) is 0 Å². The van der Waals surface area contributed by atoms with Gasteiger partial charge in [-0.25, -0.2) is 9.97 Å². The van der Waals surface area contributed by atoms with E-state index in [-0.39, 0.29) is 0 Å². The van der Waals surface area contributed by atoms with E-state index in [1.807, 2.05) is 18.2 Å². The predicted molar refractivity (Wildman–Crippen MR) is 62.6 cm³/mol. The van der Waals surface area contributed by atoms with Crippen molar-refractivity contribution in [2.45, 2.75) is 6.92 Å². The first-order valence-corrected chi connectivity index (χ1v) is 5.33. The molecule has 0 aliphatic carbocycles. The molecule has 0 saturated carbocycles. The van der Waals surface area contributed by atoms with Gasteiger partial charge in [-0.3, -0.25) is 0 Å². The van der Waals surface area contributed by atoms with Gasteiger partial charge in [0.1, 0.15) is 11.5 Å². The molecular weight excluding hydrogens is 240 g/mol. The normalized spacial score (nSPS) is 10.9. The van der Waals surface area contributed by atoms with Crippen molar-refractivity contribution in [3.8, 4) is 11.4 Å². The molecule has 3 aromatic rings. The average Bonchev–Trinajstić information content (AvgIpc) is 2.76. The van der Waals surface area contributed by atoms with E-state index >= 15 is 0 Å². The van der Waals surface area contributed by atoms with Crippen molar-refractivity contribution in [1.29, 1.82) is 0 Å². The standard InChI is InChI=1S/C11H7ClN4O/c1-6-15-11(16-17-6)7-2-3-9-8(4-7)10(12)14-5-13-9/h2-5H,1H3. The van der Waals surface area contributed by atoms with Crippen molar-refractivity contribution in [2.24, 2.45) is 0 Å². The zero-order valence-corrected chi connectivity index (χ0v) is 9.64. The topological polar surface area (TPSA) is 64.7 Å². The Morgan fingerprint density at radius 2 is 2.12 bits per heavy atom. The third-order valence-corrected chi connectivity index (χ3v) is 2.67.